The molecule has 3 unspecified atom stereocenters. The number of nitriles is 1. The minimum Gasteiger partial charge on any atom is -0.389 e. The van der Waals surface area contributed by atoms with E-state index in [0.717, 1.165) is 44.1 Å². The van der Waals surface area contributed by atoms with Crippen LogP contribution < -0.4 is 5.32 Å². The van der Waals surface area contributed by atoms with Crippen LogP contribution >= 0.6 is 0 Å². The summed E-state index contributed by atoms with van der Waals surface area (Å²) in [5.41, 5.74) is 2.23. The fourth-order valence-corrected chi connectivity index (χ4v) is 4.08. The molecule has 3 atom stereocenters. The predicted octanol–water partition coefficient (Wildman–Crippen LogP) is 3.24. The second-order valence-electron chi connectivity index (χ2n) is 7.14. The van der Waals surface area contributed by atoms with E-state index >= 15 is 0 Å². The Morgan fingerprint density at radius 1 is 1.65 bits per heavy atom. The first kappa shape index (κ1) is 17.7. The van der Waals surface area contributed by atoms with Gasteiger partial charge >= 0.3 is 0 Å². The summed E-state index contributed by atoms with van der Waals surface area (Å²) < 4.78 is 0. The van der Waals surface area contributed by atoms with Crippen molar-refractivity contribution < 1.29 is 9.90 Å². The maximum Gasteiger partial charge on any atom is 0.243 e. The quantitative estimate of drug-likeness (QED) is 0.604. The fourth-order valence-electron chi connectivity index (χ4n) is 4.08. The van der Waals surface area contributed by atoms with Crippen molar-refractivity contribution in [3.05, 3.63) is 23.3 Å². The number of hydrogen-bond acceptors (Lipinski definition) is 3. The number of unbranched alkanes of at least 4 members (excludes halogenated alkanes) is 1. The topological polar surface area (TPSA) is 73.1 Å². The molecule has 0 aromatic carbocycles. The van der Waals surface area contributed by atoms with Crippen LogP contribution in [0.15, 0.2) is 23.3 Å². The molecule has 0 aromatic heterocycles. The van der Waals surface area contributed by atoms with E-state index in [9.17, 15) is 9.90 Å². The zero-order valence-corrected chi connectivity index (χ0v) is 14.3. The largest absolute Gasteiger partial charge is 0.389 e. The number of aliphatic hydroxyl groups is 1. The van der Waals surface area contributed by atoms with Gasteiger partial charge < -0.3 is 10.4 Å². The van der Waals surface area contributed by atoms with Gasteiger partial charge in [-0.2, -0.15) is 5.26 Å². The summed E-state index contributed by atoms with van der Waals surface area (Å²) in [4.78, 5) is 11.8. The van der Waals surface area contributed by atoms with Crippen molar-refractivity contribution in [2.24, 2.45) is 11.3 Å². The lowest BCUT2D eigenvalue weighted by Crippen LogP contribution is -2.40. The smallest absolute Gasteiger partial charge is 0.243 e. The highest BCUT2D eigenvalue weighted by molar-refractivity contribution is 5.88. The summed E-state index contributed by atoms with van der Waals surface area (Å²) in [6.45, 7) is 4.90. The molecule has 2 N–H and O–H groups in total. The van der Waals surface area contributed by atoms with Gasteiger partial charge in [-0.25, -0.2) is 0 Å². The Balaban J connectivity index is 2.14. The molecule has 1 aliphatic heterocycles. The van der Waals surface area contributed by atoms with Crippen LogP contribution in [-0.4, -0.2) is 23.7 Å². The Morgan fingerprint density at radius 2 is 2.43 bits per heavy atom. The van der Waals surface area contributed by atoms with Gasteiger partial charge in [0.15, 0.2) is 0 Å². The summed E-state index contributed by atoms with van der Waals surface area (Å²) in [5.74, 6) is 0.156. The SMILES string of the molecule is CC(=CC(O)C1CCCC2=CC(=O)NCCC21C)CCCC#N. The number of nitrogens with zero attached hydrogens (tertiary/aromatic N) is 1. The molecular formula is C19H28N2O2. The van der Waals surface area contributed by atoms with Crippen LogP contribution in [0, 0.1) is 22.7 Å². The first-order chi connectivity index (χ1) is 11.0. The Bertz CT molecular complexity index is 544. The number of allylic oxidation sites excluding steroid dienone is 2. The standard InChI is InChI=1S/C19H28N2O2/c1-14(6-3-4-10-20)12-17(22)16-8-5-7-15-13-18(23)21-11-9-19(15,16)2/h12-13,16-17,22H,3-9,11H2,1-2H3,(H,21,23). The molecule has 2 rings (SSSR count). The van der Waals surface area contributed by atoms with Crippen molar-refractivity contribution in [1.29, 1.82) is 5.26 Å². The molecule has 1 saturated carbocycles. The molecule has 1 heterocycles. The molecule has 0 aromatic rings. The molecule has 2 aliphatic rings. The molecule has 4 nitrogen and oxygen atoms in total. The molecular weight excluding hydrogens is 288 g/mol. The lowest BCUT2D eigenvalue weighted by atomic mass is 9.61. The number of aliphatic hydroxyl groups excluding tert-OH is 1. The van der Waals surface area contributed by atoms with E-state index in [1.807, 2.05) is 13.0 Å². The Labute approximate surface area is 139 Å². The van der Waals surface area contributed by atoms with Gasteiger partial charge in [-0.3, -0.25) is 4.79 Å². The van der Waals surface area contributed by atoms with Crippen molar-refractivity contribution in [3.8, 4) is 6.07 Å². The summed E-state index contributed by atoms with van der Waals surface area (Å²) in [6, 6.07) is 2.16. The first-order valence-electron chi connectivity index (χ1n) is 8.68. The molecule has 126 valence electrons. The normalized spacial score (nSPS) is 29.7. The van der Waals surface area contributed by atoms with E-state index in [2.05, 4.69) is 18.3 Å². The third-order valence-electron chi connectivity index (χ3n) is 5.49. The van der Waals surface area contributed by atoms with Crippen LogP contribution in [0.25, 0.3) is 0 Å². The van der Waals surface area contributed by atoms with Crippen LogP contribution in [0.4, 0.5) is 0 Å². The minimum absolute atomic E-state index is 0.00194. The third-order valence-corrected chi connectivity index (χ3v) is 5.49. The van der Waals surface area contributed by atoms with Gasteiger partial charge in [0.2, 0.25) is 5.91 Å². The lowest BCUT2D eigenvalue weighted by molar-refractivity contribution is -0.116. The zero-order chi connectivity index (χ0) is 16.9. The van der Waals surface area contributed by atoms with Crippen molar-refractivity contribution >= 4 is 5.91 Å². The maximum atomic E-state index is 11.8. The second kappa shape index (κ2) is 7.79. The zero-order valence-electron chi connectivity index (χ0n) is 14.3. The van der Waals surface area contributed by atoms with E-state index in [1.54, 1.807) is 6.08 Å². The molecule has 1 aliphatic carbocycles. The molecule has 0 radical (unpaired) electrons. The lowest BCUT2D eigenvalue weighted by Gasteiger charge is -2.45. The summed E-state index contributed by atoms with van der Waals surface area (Å²) in [5, 5.41) is 22.3. The molecule has 1 amide bonds. The maximum absolute atomic E-state index is 11.8. The van der Waals surface area contributed by atoms with Gasteiger partial charge in [0.25, 0.3) is 0 Å². The number of carbonyl (C=O) groups is 1. The average Bonchev–Trinajstić information content (AvgIpc) is 2.64. The van der Waals surface area contributed by atoms with Crippen LogP contribution in [-0.2, 0) is 4.79 Å². The van der Waals surface area contributed by atoms with E-state index in [4.69, 9.17) is 5.26 Å². The Morgan fingerprint density at radius 3 is 3.17 bits per heavy atom. The van der Waals surface area contributed by atoms with Crippen molar-refractivity contribution in [2.45, 2.75) is 64.9 Å². The Hall–Kier alpha value is -1.60. The summed E-state index contributed by atoms with van der Waals surface area (Å²) >= 11 is 0. The van der Waals surface area contributed by atoms with Gasteiger partial charge in [-0.15, -0.1) is 0 Å². The van der Waals surface area contributed by atoms with Crippen molar-refractivity contribution in [1.82, 2.24) is 5.32 Å². The van der Waals surface area contributed by atoms with Gasteiger partial charge in [-0.05, 0) is 56.8 Å². The number of rotatable bonds is 5. The van der Waals surface area contributed by atoms with E-state index in [-0.39, 0.29) is 17.2 Å². The van der Waals surface area contributed by atoms with E-state index in [1.165, 1.54) is 5.57 Å². The van der Waals surface area contributed by atoms with Crippen molar-refractivity contribution in [3.63, 3.8) is 0 Å². The Kier molecular flexibility index (Phi) is 6.01. The van der Waals surface area contributed by atoms with Crippen LogP contribution in [0.5, 0.6) is 0 Å². The summed E-state index contributed by atoms with van der Waals surface area (Å²) in [6.07, 6.45) is 9.36. The number of carbonyl (C=O) groups excluding carboxylic acids is 1. The molecule has 1 fully saturated rings. The second-order valence-corrected chi connectivity index (χ2v) is 7.14. The van der Waals surface area contributed by atoms with Gasteiger partial charge in [0.05, 0.1) is 12.2 Å². The minimum atomic E-state index is -0.487. The number of nitrogens with one attached hydrogen (secondary N) is 1. The molecule has 23 heavy (non-hydrogen) atoms. The van der Waals surface area contributed by atoms with Crippen LogP contribution in [0.3, 0.4) is 0 Å². The summed E-state index contributed by atoms with van der Waals surface area (Å²) in [7, 11) is 0. The van der Waals surface area contributed by atoms with E-state index < -0.39 is 6.10 Å². The highest BCUT2D eigenvalue weighted by Crippen LogP contribution is 2.49. The monoisotopic (exact) mass is 316 g/mol. The molecule has 4 heteroatoms. The highest BCUT2D eigenvalue weighted by atomic mass is 16.3. The van der Waals surface area contributed by atoms with Crippen LogP contribution in [0.1, 0.15) is 58.8 Å². The van der Waals surface area contributed by atoms with Gasteiger partial charge in [-0.1, -0.05) is 24.1 Å². The average molecular weight is 316 g/mol. The van der Waals surface area contributed by atoms with Gasteiger partial charge in [0.1, 0.15) is 0 Å². The number of hydrogen-bond donors (Lipinski definition) is 2. The van der Waals surface area contributed by atoms with E-state index in [0.29, 0.717) is 13.0 Å². The van der Waals surface area contributed by atoms with Crippen LogP contribution in [0.2, 0.25) is 0 Å². The number of fused-ring (bicyclic) bond motifs is 1. The molecule has 0 saturated heterocycles. The first-order valence-corrected chi connectivity index (χ1v) is 8.68. The third kappa shape index (κ3) is 4.23. The van der Waals surface area contributed by atoms with Gasteiger partial charge in [0, 0.05) is 19.0 Å². The predicted molar refractivity (Wildman–Crippen MR) is 90.4 cm³/mol. The highest BCUT2D eigenvalue weighted by Gasteiger charge is 2.43. The fraction of sp³-hybridized carbons (Fsp3) is 0.684. The van der Waals surface area contributed by atoms with Crippen molar-refractivity contribution in [2.75, 3.05) is 6.54 Å². The molecule has 0 spiro atoms. The number of amides is 1. The molecule has 0 bridgehead atoms.